The molecule has 1 aromatic carbocycles. The summed E-state index contributed by atoms with van der Waals surface area (Å²) in [5.41, 5.74) is 2.54. The van der Waals surface area contributed by atoms with Crippen LogP contribution in [-0.2, 0) is 16.0 Å². The van der Waals surface area contributed by atoms with Gasteiger partial charge in [-0.3, -0.25) is 14.4 Å². The number of carboxylic acid groups (broad SMARTS) is 1. The molecule has 0 unspecified atom stereocenters. The van der Waals surface area contributed by atoms with E-state index in [2.05, 4.69) is 15.0 Å². The van der Waals surface area contributed by atoms with E-state index in [0.29, 0.717) is 16.9 Å². The van der Waals surface area contributed by atoms with Gasteiger partial charge in [-0.25, -0.2) is 0 Å². The number of nitrogens with one attached hydrogen (secondary N) is 2. The zero-order valence-electron chi connectivity index (χ0n) is 12.3. The van der Waals surface area contributed by atoms with Crippen LogP contribution in [0.15, 0.2) is 29.6 Å². The minimum absolute atomic E-state index is 0.0784. The molecule has 7 nitrogen and oxygen atoms in total. The molecule has 2 rings (SSSR count). The van der Waals surface area contributed by atoms with Gasteiger partial charge in [0.05, 0.1) is 17.7 Å². The van der Waals surface area contributed by atoms with Crippen LogP contribution in [0.2, 0.25) is 0 Å². The number of hydrogen-bond acceptors (Lipinski definition) is 5. The number of aryl methyl sites for hydroxylation is 1. The maximum atomic E-state index is 12.0. The summed E-state index contributed by atoms with van der Waals surface area (Å²) < 4.78 is 4.05. The summed E-state index contributed by atoms with van der Waals surface area (Å²) >= 11 is 1.22. The number of amides is 2. The number of anilines is 1. The molecule has 120 valence electrons. The lowest BCUT2D eigenvalue weighted by molar-refractivity contribution is -0.137. The maximum Gasteiger partial charge on any atom is 0.322 e. The number of benzene rings is 1. The average molecular weight is 333 g/mol. The Kier molecular flexibility index (Phi) is 5.42. The molecule has 3 N–H and O–H groups in total. The molecule has 0 saturated heterocycles. The van der Waals surface area contributed by atoms with Crippen LogP contribution in [0.1, 0.15) is 21.6 Å². The molecule has 0 bridgehead atoms. The number of carbonyl (C=O) groups excluding carboxylic acids is 2. The summed E-state index contributed by atoms with van der Waals surface area (Å²) in [7, 11) is 0. The number of aliphatic carboxylic acids is 1. The van der Waals surface area contributed by atoms with Gasteiger partial charge in [0.2, 0.25) is 5.91 Å². The molecule has 0 saturated carbocycles. The van der Waals surface area contributed by atoms with Gasteiger partial charge in [0.15, 0.2) is 0 Å². The van der Waals surface area contributed by atoms with Gasteiger partial charge in [-0.1, -0.05) is 12.1 Å². The average Bonchev–Trinajstić information content (AvgIpc) is 2.93. The summed E-state index contributed by atoms with van der Waals surface area (Å²) in [5, 5.41) is 15.2. The fourth-order valence-corrected chi connectivity index (χ4v) is 2.53. The van der Waals surface area contributed by atoms with Crippen molar-refractivity contribution in [1.82, 2.24) is 9.69 Å². The van der Waals surface area contributed by atoms with E-state index in [9.17, 15) is 14.4 Å². The van der Waals surface area contributed by atoms with Crippen LogP contribution in [0.25, 0.3) is 0 Å². The molecule has 1 aromatic heterocycles. The van der Waals surface area contributed by atoms with E-state index in [1.807, 2.05) is 0 Å². The second kappa shape index (κ2) is 7.50. The van der Waals surface area contributed by atoms with E-state index in [-0.39, 0.29) is 18.2 Å². The number of carbonyl (C=O) groups is 3. The van der Waals surface area contributed by atoms with Gasteiger partial charge in [0.1, 0.15) is 6.54 Å². The Labute approximate surface area is 136 Å². The minimum Gasteiger partial charge on any atom is -0.480 e. The Morgan fingerprint density at radius 1 is 1.22 bits per heavy atom. The molecular formula is C15H15N3O4S. The second-order valence-corrected chi connectivity index (χ2v) is 5.44. The quantitative estimate of drug-likeness (QED) is 0.741. The highest BCUT2D eigenvalue weighted by atomic mass is 32.1. The van der Waals surface area contributed by atoms with E-state index in [1.165, 1.54) is 11.5 Å². The van der Waals surface area contributed by atoms with Crippen molar-refractivity contribution in [2.75, 3.05) is 11.9 Å². The van der Waals surface area contributed by atoms with Crippen LogP contribution in [0.5, 0.6) is 0 Å². The molecule has 0 aliphatic rings. The number of aromatic nitrogens is 1. The third-order valence-corrected chi connectivity index (χ3v) is 3.73. The molecule has 0 atom stereocenters. The van der Waals surface area contributed by atoms with E-state index in [0.717, 1.165) is 5.56 Å². The Morgan fingerprint density at radius 2 is 1.91 bits per heavy atom. The van der Waals surface area contributed by atoms with E-state index >= 15 is 0 Å². The zero-order valence-corrected chi connectivity index (χ0v) is 13.1. The van der Waals surface area contributed by atoms with Gasteiger partial charge < -0.3 is 15.7 Å². The lowest BCUT2D eigenvalue weighted by Gasteiger charge is -2.06. The third kappa shape index (κ3) is 4.89. The minimum atomic E-state index is -1.09. The van der Waals surface area contributed by atoms with Crippen LogP contribution in [0.4, 0.5) is 5.69 Å². The number of rotatable bonds is 6. The molecule has 0 aliphatic heterocycles. The monoisotopic (exact) mass is 333 g/mol. The normalized spacial score (nSPS) is 10.1. The summed E-state index contributed by atoms with van der Waals surface area (Å²) in [6.45, 7) is 1.37. The van der Waals surface area contributed by atoms with E-state index < -0.39 is 12.5 Å². The van der Waals surface area contributed by atoms with Crippen molar-refractivity contribution in [3.8, 4) is 0 Å². The first-order valence-electron chi connectivity index (χ1n) is 6.75. The molecule has 2 aromatic rings. The predicted molar refractivity (Wildman–Crippen MR) is 85.6 cm³/mol. The highest BCUT2D eigenvalue weighted by molar-refractivity contribution is 7.04. The molecule has 2 amide bonds. The first-order chi connectivity index (χ1) is 11.0. The van der Waals surface area contributed by atoms with Gasteiger partial charge in [0.25, 0.3) is 5.91 Å². The molecular weight excluding hydrogens is 318 g/mol. The summed E-state index contributed by atoms with van der Waals surface area (Å²) in [4.78, 5) is 33.9. The predicted octanol–water partition coefficient (Wildman–Crippen LogP) is 1.45. The van der Waals surface area contributed by atoms with Crippen molar-refractivity contribution in [3.05, 3.63) is 46.5 Å². The number of hydrogen-bond donors (Lipinski definition) is 3. The smallest absolute Gasteiger partial charge is 0.322 e. The Bertz CT molecular complexity index is 725. The van der Waals surface area contributed by atoms with Crippen LogP contribution < -0.4 is 10.6 Å². The molecule has 23 heavy (non-hydrogen) atoms. The summed E-state index contributed by atoms with van der Waals surface area (Å²) in [5.74, 6) is -1.69. The van der Waals surface area contributed by atoms with Crippen molar-refractivity contribution in [2.45, 2.75) is 13.3 Å². The molecule has 0 spiro atoms. The Balaban J connectivity index is 1.92. The van der Waals surface area contributed by atoms with Gasteiger partial charge in [-0.05, 0) is 36.2 Å². The second-order valence-electron chi connectivity index (χ2n) is 4.81. The van der Waals surface area contributed by atoms with Gasteiger partial charge in [-0.15, -0.1) is 0 Å². The van der Waals surface area contributed by atoms with Crippen LogP contribution in [-0.4, -0.2) is 33.8 Å². The SMILES string of the molecule is Cc1nscc1C(=O)Nc1ccc(CC(=O)NCC(=O)O)cc1. The highest BCUT2D eigenvalue weighted by Gasteiger charge is 2.11. The third-order valence-electron chi connectivity index (χ3n) is 3.01. The van der Waals surface area contributed by atoms with Gasteiger partial charge >= 0.3 is 5.97 Å². The fourth-order valence-electron chi connectivity index (χ4n) is 1.84. The first-order valence-corrected chi connectivity index (χ1v) is 7.59. The van der Waals surface area contributed by atoms with Crippen molar-refractivity contribution < 1.29 is 19.5 Å². The van der Waals surface area contributed by atoms with Crippen LogP contribution >= 0.6 is 11.5 Å². The van der Waals surface area contributed by atoms with Crippen LogP contribution in [0.3, 0.4) is 0 Å². The Morgan fingerprint density at radius 3 is 2.48 bits per heavy atom. The molecule has 1 heterocycles. The van der Waals surface area contributed by atoms with E-state index in [4.69, 9.17) is 5.11 Å². The van der Waals surface area contributed by atoms with Gasteiger partial charge in [0, 0.05) is 11.1 Å². The molecule has 8 heteroatoms. The first kappa shape index (κ1) is 16.6. The fraction of sp³-hybridized carbons (Fsp3) is 0.200. The standard InChI is InChI=1S/C15H15N3O4S/c1-9-12(8-23-18-9)15(22)17-11-4-2-10(3-5-11)6-13(19)16-7-14(20)21/h2-5,8H,6-7H2,1H3,(H,16,19)(H,17,22)(H,20,21). The Hall–Kier alpha value is -2.74. The van der Waals surface area contributed by atoms with Crippen molar-refractivity contribution in [1.29, 1.82) is 0 Å². The van der Waals surface area contributed by atoms with Gasteiger partial charge in [-0.2, -0.15) is 4.37 Å². The molecule has 0 aliphatic carbocycles. The van der Waals surface area contributed by atoms with Crippen molar-refractivity contribution >= 4 is 35.0 Å². The highest BCUT2D eigenvalue weighted by Crippen LogP contribution is 2.14. The number of nitrogens with zero attached hydrogens (tertiary/aromatic N) is 1. The lowest BCUT2D eigenvalue weighted by atomic mass is 10.1. The maximum absolute atomic E-state index is 12.0. The largest absolute Gasteiger partial charge is 0.480 e. The summed E-state index contributed by atoms with van der Waals surface area (Å²) in [6.07, 6.45) is 0.0784. The van der Waals surface area contributed by atoms with Crippen molar-refractivity contribution in [3.63, 3.8) is 0 Å². The summed E-state index contributed by atoms with van der Waals surface area (Å²) in [6, 6.07) is 6.78. The lowest BCUT2D eigenvalue weighted by Crippen LogP contribution is -2.30. The van der Waals surface area contributed by atoms with E-state index in [1.54, 1.807) is 36.6 Å². The molecule has 0 radical (unpaired) electrons. The number of carboxylic acids is 1. The van der Waals surface area contributed by atoms with Crippen LogP contribution in [0, 0.1) is 6.92 Å². The molecule has 0 fully saturated rings. The topological polar surface area (TPSA) is 108 Å². The van der Waals surface area contributed by atoms with Crippen molar-refractivity contribution in [2.24, 2.45) is 0 Å². The zero-order chi connectivity index (χ0) is 16.8.